The van der Waals surface area contributed by atoms with Crippen molar-refractivity contribution in [2.24, 2.45) is 28.3 Å². The van der Waals surface area contributed by atoms with Crippen molar-refractivity contribution in [3.63, 3.8) is 0 Å². The van der Waals surface area contributed by atoms with Crippen LogP contribution in [-0.4, -0.2) is 12.1 Å². The number of rotatable bonds is 0. The fourth-order valence-corrected chi connectivity index (χ4v) is 3.45. The average molecular weight is 258 g/mol. The van der Waals surface area contributed by atoms with Gasteiger partial charge in [0.1, 0.15) is 0 Å². The molecule has 2 unspecified atom stereocenters. The minimum absolute atomic E-state index is 0.0554. The number of allylic oxidation sites excluding steroid dienone is 4. The zero-order valence-electron chi connectivity index (χ0n) is 11.5. The molecule has 8 N–H and O–H groups in total. The second-order valence-corrected chi connectivity index (χ2v) is 6.32. The summed E-state index contributed by atoms with van der Waals surface area (Å²) in [6, 6.07) is -0.165. The normalized spacial score (nSPS) is 32.8. The first-order valence-corrected chi connectivity index (χ1v) is 6.75. The van der Waals surface area contributed by atoms with Gasteiger partial charge in [-0.2, -0.15) is 0 Å². The van der Waals surface area contributed by atoms with Gasteiger partial charge in [0.05, 0.1) is 0 Å². The molecule has 102 valence electrons. The van der Waals surface area contributed by atoms with E-state index in [-0.39, 0.29) is 17.5 Å². The van der Waals surface area contributed by atoms with Gasteiger partial charge in [0.2, 0.25) is 0 Å². The van der Waals surface area contributed by atoms with E-state index >= 15 is 0 Å². The predicted molar refractivity (Wildman–Crippen MR) is 77.6 cm³/mol. The summed E-state index contributed by atoms with van der Waals surface area (Å²) >= 11 is 0. The quantitative estimate of drug-likeness (QED) is 0.515. The second-order valence-electron chi connectivity index (χ2n) is 6.32. The SMILES string of the molecule is CC1(C)C2=C(CC(N)C(N)=C2)C2=C1C=C(N)C(N)C2. The van der Waals surface area contributed by atoms with Crippen LogP contribution >= 0.6 is 0 Å². The van der Waals surface area contributed by atoms with Crippen molar-refractivity contribution in [2.45, 2.75) is 38.8 Å². The molecule has 4 nitrogen and oxygen atoms in total. The molecule has 2 atom stereocenters. The van der Waals surface area contributed by atoms with Crippen LogP contribution in [0.2, 0.25) is 0 Å². The van der Waals surface area contributed by atoms with Crippen molar-refractivity contribution in [1.82, 2.24) is 0 Å². The number of hydrogen-bond acceptors (Lipinski definition) is 4. The summed E-state index contributed by atoms with van der Waals surface area (Å²) in [4.78, 5) is 0. The van der Waals surface area contributed by atoms with Crippen molar-refractivity contribution in [2.75, 3.05) is 0 Å². The third-order valence-electron chi connectivity index (χ3n) is 4.69. The fourth-order valence-electron chi connectivity index (χ4n) is 3.45. The highest BCUT2D eigenvalue weighted by Crippen LogP contribution is 2.53. The van der Waals surface area contributed by atoms with E-state index < -0.39 is 0 Å². The first-order chi connectivity index (χ1) is 8.82. The molecule has 0 fully saturated rings. The van der Waals surface area contributed by atoms with Crippen LogP contribution in [0.4, 0.5) is 0 Å². The van der Waals surface area contributed by atoms with Crippen LogP contribution in [0.3, 0.4) is 0 Å². The summed E-state index contributed by atoms with van der Waals surface area (Å²) in [5, 5.41) is 0. The lowest BCUT2D eigenvalue weighted by Crippen LogP contribution is -2.32. The minimum atomic E-state index is -0.0825. The zero-order valence-corrected chi connectivity index (χ0v) is 11.5. The van der Waals surface area contributed by atoms with Gasteiger partial charge in [-0.05, 0) is 47.3 Å². The number of fused-ring (bicyclic) bond motifs is 1. The van der Waals surface area contributed by atoms with Crippen LogP contribution < -0.4 is 22.9 Å². The summed E-state index contributed by atoms with van der Waals surface area (Å²) < 4.78 is 0. The molecule has 0 heterocycles. The Morgan fingerprint density at radius 1 is 0.895 bits per heavy atom. The van der Waals surface area contributed by atoms with Gasteiger partial charge in [0.15, 0.2) is 0 Å². The maximum atomic E-state index is 6.09. The predicted octanol–water partition coefficient (Wildman–Crippen LogP) is 0.767. The zero-order chi connectivity index (χ0) is 13.9. The van der Waals surface area contributed by atoms with E-state index in [1.165, 1.54) is 22.3 Å². The molecule has 3 aliphatic carbocycles. The molecule has 0 aromatic carbocycles. The Bertz CT molecular complexity index is 525. The molecule has 19 heavy (non-hydrogen) atoms. The van der Waals surface area contributed by atoms with Crippen molar-refractivity contribution < 1.29 is 0 Å². The van der Waals surface area contributed by atoms with E-state index in [9.17, 15) is 0 Å². The van der Waals surface area contributed by atoms with Crippen LogP contribution in [0.5, 0.6) is 0 Å². The van der Waals surface area contributed by atoms with Gasteiger partial charge in [-0.3, -0.25) is 0 Å². The third kappa shape index (κ3) is 1.60. The van der Waals surface area contributed by atoms with Crippen LogP contribution in [0.15, 0.2) is 45.8 Å². The molecule has 0 amide bonds. The summed E-state index contributed by atoms with van der Waals surface area (Å²) in [5.74, 6) is 0. The molecule has 0 aromatic heterocycles. The van der Waals surface area contributed by atoms with Crippen LogP contribution in [0.25, 0.3) is 0 Å². The van der Waals surface area contributed by atoms with Crippen LogP contribution in [0, 0.1) is 5.41 Å². The van der Waals surface area contributed by atoms with E-state index in [1.54, 1.807) is 0 Å². The minimum Gasteiger partial charge on any atom is -0.401 e. The Balaban J connectivity index is 2.15. The van der Waals surface area contributed by atoms with Gasteiger partial charge in [0.25, 0.3) is 0 Å². The van der Waals surface area contributed by atoms with Crippen molar-refractivity contribution in [3.8, 4) is 0 Å². The van der Waals surface area contributed by atoms with E-state index in [1.807, 2.05) is 0 Å². The van der Waals surface area contributed by atoms with Crippen LogP contribution in [-0.2, 0) is 0 Å². The molecule has 0 saturated carbocycles. The molecule has 0 spiro atoms. The lowest BCUT2D eigenvalue weighted by molar-refractivity contribution is 0.559. The Hall–Kier alpha value is -1.52. The average Bonchev–Trinajstić information content (AvgIpc) is 2.52. The van der Waals surface area contributed by atoms with Gasteiger partial charge in [-0.25, -0.2) is 0 Å². The molecular weight excluding hydrogens is 236 g/mol. The Kier molecular flexibility index (Phi) is 2.46. The molecule has 3 rings (SSSR count). The molecule has 0 aromatic rings. The molecule has 0 radical (unpaired) electrons. The van der Waals surface area contributed by atoms with Gasteiger partial charge in [-0.15, -0.1) is 0 Å². The van der Waals surface area contributed by atoms with Gasteiger partial charge < -0.3 is 22.9 Å². The highest BCUT2D eigenvalue weighted by molar-refractivity contribution is 5.64. The van der Waals surface area contributed by atoms with E-state index in [0.29, 0.717) is 0 Å². The highest BCUT2D eigenvalue weighted by atomic mass is 14.8. The van der Waals surface area contributed by atoms with E-state index in [0.717, 1.165) is 24.2 Å². The fraction of sp³-hybridized carbons (Fsp3) is 0.467. The molecule has 0 aliphatic heterocycles. The maximum Gasteiger partial charge on any atom is 0.0483 e. The smallest absolute Gasteiger partial charge is 0.0483 e. The Labute approximate surface area is 113 Å². The lowest BCUT2D eigenvalue weighted by atomic mass is 9.77. The van der Waals surface area contributed by atoms with Crippen molar-refractivity contribution in [1.29, 1.82) is 0 Å². The molecule has 4 heteroatoms. The lowest BCUT2D eigenvalue weighted by Gasteiger charge is -2.28. The molecular formula is C15H22N4. The summed E-state index contributed by atoms with van der Waals surface area (Å²) in [5.41, 5.74) is 30.9. The number of nitrogens with two attached hydrogens (primary N) is 4. The first-order valence-electron chi connectivity index (χ1n) is 6.75. The number of hydrogen-bond donors (Lipinski definition) is 4. The molecule has 3 aliphatic rings. The molecule has 0 saturated heterocycles. The van der Waals surface area contributed by atoms with Crippen molar-refractivity contribution in [3.05, 3.63) is 45.8 Å². The summed E-state index contributed by atoms with van der Waals surface area (Å²) in [6.07, 6.45) is 5.72. The van der Waals surface area contributed by atoms with Gasteiger partial charge >= 0.3 is 0 Å². The monoisotopic (exact) mass is 258 g/mol. The van der Waals surface area contributed by atoms with Crippen LogP contribution in [0.1, 0.15) is 26.7 Å². The van der Waals surface area contributed by atoms with E-state index in [4.69, 9.17) is 22.9 Å². The maximum absolute atomic E-state index is 6.09. The standard InChI is InChI=1S/C15H22N4/c1-15(2)9-5-13(18)11(16)3-7(9)8-4-12(17)14(19)6-10(8)15/h5-6,11-12H,3-4,16-19H2,1-2H3. The Morgan fingerprint density at radius 3 is 1.63 bits per heavy atom. The topological polar surface area (TPSA) is 104 Å². The highest BCUT2D eigenvalue weighted by Gasteiger charge is 2.42. The third-order valence-corrected chi connectivity index (χ3v) is 4.69. The Morgan fingerprint density at radius 2 is 1.26 bits per heavy atom. The van der Waals surface area contributed by atoms with Crippen molar-refractivity contribution >= 4 is 0 Å². The second kappa shape index (κ2) is 3.74. The summed E-state index contributed by atoms with van der Waals surface area (Å²) in [7, 11) is 0. The molecule has 0 bridgehead atoms. The first kappa shape index (κ1) is 12.5. The summed E-state index contributed by atoms with van der Waals surface area (Å²) in [6.45, 7) is 4.43. The van der Waals surface area contributed by atoms with Gasteiger partial charge in [0, 0.05) is 28.9 Å². The largest absolute Gasteiger partial charge is 0.401 e. The van der Waals surface area contributed by atoms with E-state index in [2.05, 4.69) is 26.0 Å². The van der Waals surface area contributed by atoms with Gasteiger partial charge in [-0.1, -0.05) is 13.8 Å².